The van der Waals surface area contributed by atoms with Crippen LogP contribution in [0.4, 0.5) is 4.79 Å². The van der Waals surface area contributed by atoms with Crippen LogP contribution in [-0.4, -0.2) is 81.4 Å². The number of guanidine groups is 1. The first-order chi connectivity index (χ1) is 14.1. The topological polar surface area (TPSA) is 66.4 Å². The van der Waals surface area contributed by atoms with Gasteiger partial charge in [0.1, 0.15) is 0 Å². The highest BCUT2D eigenvalue weighted by Crippen LogP contribution is 2.35. The van der Waals surface area contributed by atoms with Gasteiger partial charge in [0.15, 0.2) is 5.96 Å². The second-order valence-electron chi connectivity index (χ2n) is 7.48. The molecular formula is C21H31ClN4O3. The molecule has 0 atom stereocenters. The molecule has 7 nitrogen and oxygen atoms in total. The summed E-state index contributed by atoms with van der Waals surface area (Å²) in [7, 11) is 1.80. The molecule has 29 heavy (non-hydrogen) atoms. The van der Waals surface area contributed by atoms with E-state index in [0.717, 1.165) is 56.7 Å². The van der Waals surface area contributed by atoms with Crippen molar-refractivity contribution in [3.05, 3.63) is 34.9 Å². The van der Waals surface area contributed by atoms with Crippen molar-refractivity contribution in [3.63, 3.8) is 0 Å². The highest BCUT2D eigenvalue weighted by molar-refractivity contribution is 6.30. The third kappa shape index (κ3) is 5.34. The first-order valence-electron chi connectivity index (χ1n) is 10.3. The Bertz CT molecular complexity index is 714. The molecule has 2 heterocycles. The van der Waals surface area contributed by atoms with Crippen molar-refractivity contribution in [3.8, 4) is 0 Å². The normalized spacial score (nSPS) is 19.8. The van der Waals surface area contributed by atoms with Crippen LogP contribution in [0.1, 0.15) is 25.3 Å². The van der Waals surface area contributed by atoms with Gasteiger partial charge in [0.25, 0.3) is 0 Å². The molecule has 0 unspecified atom stereocenters. The average Bonchev–Trinajstić information content (AvgIpc) is 2.75. The van der Waals surface area contributed by atoms with Gasteiger partial charge in [-0.15, -0.1) is 0 Å². The fraction of sp³-hybridized carbons (Fsp3) is 0.619. The number of rotatable bonds is 4. The van der Waals surface area contributed by atoms with Crippen molar-refractivity contribution < 1.29 is 14.3 Å². The van der Waals surface area contributed by atoms with Crippen molar-refractivity contribution in [1.82, 2.24) is 15.1 Å². The Balaban J connectivity index is 1.63. The zero-order valence-electron chi connectivity index (χ0n) is 17.3. The second kappa shape index (κ2) is 10.2. The van der Waals surface area contributed by atoms with Gasteiger partial charge in [-0.1, -0.05) is 23.7 Å². The number of nitrogens with one attached hydrogen (secondary N) is 1. The summed E-state index contributed by atoms with van der Waals surface area (Å²) in [6, 6.07) is 8.14. The van der Waals surface area contributed by atoms with E-state index in [-0.39, 0.29) is 11.5 Å². The largest absolute Gasteiger partial charge is 0.450 e. The second-order valence-corrected chi connectivity index (χ2v) is 7.91. The predicted octanol–water partition coefficient (Wildman–Crippen LogP) is 2.74. The third-order valence-corrected chi connectivity index (χ3v) is 6.02. The minimum atomic E-state index is -0.239. The SMILES string of the molecule is CCOC(=O)N1CCN(C(=NC)NCC2(c3cccc(Cl)c3)CCOCC2)CC1. The maximum Gasteiger partial charge on any atom is 0.409 e. The molecule has 0 aromatic heterocycles. The van der Waals surface area contributed by atoms with Crippen LogP contribution in [0.5, 0.6) is 0 Å². The molecule has 2 fully saturated rings. The van der Waals surface area contributed by atoms with Crippen LogP contribution in [0, 0.1) is 0 Å². The van der Waals surface area contributed by atoms with Crippen molar-refractivity contribution in [2.45, 2.75) is 25.2 Å². The number of piperazine rings is 1. The number of ether oxygens (including phenoxy) is 2. The first kappa shape index (κ1) is 21.7. The predicted molar refractivity (Wildman–Crippen MR) is 115 cm³/mol. The maximum absolute atomic E-state index is 11.9. The molecule has 160 valence electrons. The molecule has 3 rings (SSSR count). The molecule has 2 aliphatic rings. The number of benzene rings is 1. The molecule has 1 aromatic rings. The zero-order chi connectivity index (χ0) is 20.7. The van der Waals surface area contributed by atoms with Crippen LogP contribution in [-0.2, 0) is 14.9 Å². The number of halogens is 1. The number of carbonyl (C=O) groups excluding carboxylic acids is 1. The van der Waals surface area contributed by atoms with Gasteiger partial charge in [0.2, 0.25) is 0 Å². The molecular weight excluding hydrogens is 392 g/mol. The van der Waals surface area contributed by atoms with Crippen molar-refractivity contribution in [2.75, 3.05) is 59.6 Å². The minimum absolute atomic E-state index is 0.0359. The monoisotopic (exact) mass is 422 g/mol. The summed E-state index contributed by atoms with van der Waals surface area (Å²) in [4.78, 5) is 20.3. The van der Waals surface area contributed by atoms with Gasteiger partial charge in [0.05, 0.1) is 6.61 Å². The fourth-order valence-electron chi connectivity index (χ4n) is 4.04. The molecule has 0 radical (unpaired) electrons. The van der Waals surface area contributed by atoms with E-state index in [2.05, 4.69) is 27.3 Å². The number of hydrogen-bond acceptors (Lipinski definition) is 4. The van der Waals surface area contributed by atoms with Crippen LogP contribution in [0.2, 0.25) is 5.02 Å². The number of carbonyl (C=O) groups is 1. The number of amides is 1. The van der Waals surface area contributed by atoms with E-state index in [0.29, 0.717) is 19.7 Å². The summed E-state index contributed by atoms with van der Waals surface area (Å²) >= 11 is 6.27. The van der Waals surface area contributed by atoms with E-state index in [1.165, 1.54) is 5.56 Å². The molecule has 8 heteroatoms. The van der Waals surface area contributed by atoms with Crippen molar-refractivity contribution in [2.24, 2.45) is 4.99 Å². The lowest BCUT2D eigenvalue weighted by Gasteiger charge is -2.40. The van der Waals surface area contributed by atoms with Crippen molar-refractivity contribution in [1.29, 1.82) is 0 Å². The Kier molecular flexibility index (Phi) is 7.61. The van der Waals surface area contributed by atoms with Gasteiger partial charge in [0, 0.05) is 63.4 Å². The van der Waals surface area contributed by atoms with Crippen molar-refractivity contribution >= 4 is 23.7 Å². The van der Waals surface area contributed by atoms with Gasteiger partial charge in [-0.3, -0.25) is 4.99 Å². The van der Waals surface area contributed by atoms with Gasteiger partial charge >= 0.3 is 6.09 Å². The Morgan fingerprint density at radius 1 is 1.24 bits per heavy atom. The lowest BCUT2D eigenvalue weighted by molar-refractivity contribution is 0.0510. The first-order valence-corrected chi connectivity index (χ1v) is 10.7. The zero-order valence-corrected chi connectivity index (χ0v) is 18.1. The van der Waals surface area contributed by atoms with E-state index >= 15 is 0 Å². The summed E-state index contributed by atoms with van der Waals surface area (Å²) in [6.45, 7) is 7.19. The van der Waals surface area contributed by atoms with E-state index < -0.39 is 0 Å². The van der Waals surface area contributed by atoms with E-state index in [1.54, 1.807) is 11.9 Å². The summed E-state index contributed by atoms with van der Waals surface area (Å²) in [5, 5.41) is 4.34. The quantitative estimate of drug-likeness (QED) is 0.597. The standard InChI is InChI=1S/C21H31ClN4O3/c1-3-29-20(27)26-11-9-25(10-12-26)19(23-2)24-16-21(7-13-28-14-8-21)17-5-4-6-18(22)15-17/h4-6,15H,3,7-14,16H2,1-2H3,(H,23,24). The molecule has 2 aliphatic heterocycles. The third-order valence-electron chi connectivity index (χ3n) is 5.79. The summed E-state index contributed by atoms with van der Waals surface area (Å²) in [5.41, 5.74) is 1.20. The van der Waals surface area contributed by atoms with E-state index in [9.17, 15) is 4.79 Å². The molecule has 0 saturated carbocycles. The lowest BCUT2D eigenvalue weighted by atomic mass is 9.74. The highest BCUT2D eigenvalue weighted by Gasteiger charge is 2.35. The van der Waals surface area contributed by atoms with Gasteiger partial charge in [-0.25, -0.2) is 4.79 Å². The molecule has 0 aliphatic carbocycles. The summed E-state index contributed by atoms with van der Waals surface area (Å²) in [5.74, 6) is 0.862. The number of hydrogen-bond donors (Lipinski definition) is 1. The maximum atomic E-state index is 11.9. The van der Waals surface area contributed by atoms with Gasteiger partial charge < -0.3 is 24.6 Å². The van der Waals surface area contributed by atoms with Crippen LogP contribution in [0.3, 0.4) is 0 Å². The van der Waals surface area contributed by atoms with Crippen LogP contribution < -0.4 is 5.32 Å². The highest BCUT2D eigenvalue weighted by atomic mass is 35.5. The fourth-order valence-corrected chi connectivity index (χ4v) is 4.23. The smallest absolute Gasteiger partial charge is 0.409 e. The number of aliphatic imine (C=N–C) groups is 1. The van der Waals surface area contributed by atoms with Crippen LogP contribution >= 0.6 is 11.6 Å². The van der Waals surface area contributed by atoms with Gasteiger partial charge in [-0.05, 0) is 37.5 Å². The average molecular weight is 423 g/mol. The molecule has 2 saturated heterocycles. The number of nitrogens with zero attached hydrogens (tertiary/aromatic N) is 3. The Morgan fingerprint density at radius 3 is 2.55 bits per heavy atom. The Hall–Kier alpha value is -1.99. The summed E-state index contributed by atoms with van der Waals surface area (Å²) in [6.07, 6.45) is 1.64. The lowest BCUT2D eigenvalue weighted by Crippen LogP contribution is -2.55. The Morgan fingerprint density at radius 2 is 1.93 bits per heavy atom. The molecule has 1 N–H and O–H groups in total. The minimum Gasteiger partial charge on any atom is -0.450 e. The molecule has 1 aromatic carbocycles. The van der Waals surface area contributed by atoms with E-state index in [4.69, 9.17) is 21.1 Å². The molecule has 0 spiro atoms. The van der Waals surface area contributed by atoms with E-state index in [1.807, 2.05) is 19.1 Å². The Labute approximate surface area is 178 Å². The van der Waals surface area contributed by atoms with Crippen LogP contribution in [0.15, 0.2) is 29.3 Å². The van der Waals surface area contributed by atoms with Gasteiger partial charge in [-0.2, -0.15) is 0 Å². The van der Waals surface area contributed by atoms with Crippen LogP contribution in [0.25, 0.3) is 0 Å². The summed E-state index contributed by atoms with van der Waals surface area (Å²) < 4.78 is 10.7. The molecule has 0 bridgehead atoms. The molecule has 1 amide bonds.